The van der Waals surface area contributed by atoms with Crippen LogP contribution in [0.2, 0.25) is 0 Å². The molecule has 0 amide bonds. The Morgan fingerprint density at radius 3 is 1.48 bits per heavy atom. The second kappa shape index (κ2) is 16.8. The number of rotatable bonds is 9. The van der Waals surface area contributed by atoms with Gasteiger partial charge in [-0.1, -0.05) is 115 Å². The third kappa shape index (κ3) is 6.91. The van der Waals surface area contributed by atoms with E-state index < -0.39 is 0 Å². The van der Waals surface area contributed by atoms with E-state index in [0.29, 0.717) is 0 Å². The molecule has 0 saturated carbocycles. The number of thiophene rings is 1. The number of fused-ring (bicyclic) bond motifs is 12. The molecule has 348 valence electrons. The Labute approximate surface area is 424 Å². The number of hydrogen-bond acceptors (Lipinski definition) is 7. The van der Waals surface area contributed by atoms with E-state index in [4.69, 9.17) is 13.3 Å². The molecule has 0 fully saturated rings. The highest BCUT2D eigenvalue weighted by molar-refractivity contribution is 7.20. The number of para-hydroxylation sites is 5. The molecule has 6 nitrogen and oxygen atoms in total. The molecule has 1 unspecified atom stereocenters. The highest BCUT2D eigenvalue weighted by Crippen LogP contribution is 2.51. The maximum Gasteiger partial charge on any atom is 0.137 e. The molecule has 2 aliphatic rings. The summed E-state index contributed by atoms with van der Waals surface area (Å²) in [5, 5.41) is 7.88. The van der Waals surface area contributed by atoms with Gasteiger partial charge in [0.05, 0.1) is 16.4 Å². The fourth-order valence-corrected chi connectivity index (χ4v) is 12.7. The number of nitrogens with zero attached hydrogens (tertiary/aromatic N) is 3. The third-order valence-corrected chi connectivity index (χ3v) is 16.1. The van der Waals surface area contributed by atoms with E-state index in [9.17, 15) is 0 Å². The molecule has 2 aliphatic carbocycles. The summed E-state index contributed by atoms with van der Waals surface area (Å²) in [5.74, 6) is 0. The van der Waals surface area contributed by atoms with Crippen LogP contribution in [0, 0.1) is 0 Å². The molecular weight excluding hydrogens is 915 g/mol. The van der Waals surface area contributed by atoms with Crippen LogP contribution in [0.15, 0.2) is 243 Å². The molecule has 0 N–H and O–H groups in total. The predicted octanol–water partition coefficient (Wildman–Crippen LogP) is 19.2. The second-order valence-electron chi connectivity index (χ2n) is 19.1. The molecule has 7 heteroatoms. The van der Waals surface area contributed by atoms with E-state index in [1.54, 1.807) is 0 Å². The lowest BCUT2D eigenvalue weighted by molar-refractivity contribution is 0.667. The van der Waals surface area contributed by atoms with Crippen LogP contribution >= 0.6 is 11.3 Å². The molecule has 15 rings (SSSR count). The minimum atomic E-state index is 0.138. The van der Waals surface area contributed by atoms with Gasteiger partial charge in [0.1, 0.15) is 33.5 Å². The van der Waals surface area contributed by atoms with E-state index in [2.05, 4.69) is 221 Å². The normalized spacial score (nSPS) is 14.5. The SMILES string of the molecule is C1=CCC(N(C2=Cc3c(sc4c(N(c5ccccc5)c5ccc6c(c5)oc5ccccc56)cc(N(c5ccccc5)c5ccc6c(c5)oc5ccccc56)cc34)CC2)c2ccc3c(c2)oc2ccccc23)C=C1. The first kappa shape index (κ1) is 41.7. The van der Waals surface area contributed by atoms with Crippen LogP contribution in [0.1, 0.15) is 23.3 Å². The van der Waals surface area contributed by atoms with Crippen LogP contribution in [-0.2, 0) is 6.42 Å². The van der Waals surface area contributed by atoms with Crippen molar-refractivity contribution in [2.24, 2.45) is 0 Å². The van der Waals surface area contributed by atoms with Crippen molar-refractivity contribution in [2.75, 3.05) is 14.7 Å². The van der Waals surface area contributed by atoms with E-state index in [0.717, 1.165) is 125 Å². The van der Waals surface area contributed by atoms with Gasteiger partial charge >= 0.3 is 0 Å². The Hall–Kier alpha value is -9.04. The zero-order valence-corrected chi connectivity index (χ0v) is 40.4. The lowest BCUT2D eigenvalue weighted by Crippen LogP contribution is -2.34. The number of aryl methyl sites for hydroxylation is 1. The lowest BCUT2D eigenvalue weighted by Gasteiger charge is -2.36. The summed E-state index contributed by atoms with van der Waals surface area (Å²) in [7, 11) is 0. The minimum Gasteiger partial charge on any atom is -0.456 e. The maximum absolute atomic E-state index is 6.59. The molecule has 0 spiro atoms. The Balaban J connectivity index is 0.974. The summed E-state index contributed by atoms with van der Waals surface area (Å²) in [6.07, 6.45) is 14.2. The van der Waals surface area contributed by atoms with Crippen LogP contribution < -0.4 is 14.7 Å². The number of hydrogen-bond donors (Lipinski definition) is 0. The summed E-state index contributed by atoms with van der Waals surface area (Å²) in [4.78, 5) is 8.73. The highest BCUT2D eigenvalue weighted by Gasteiger charge is 2.30. The zero-order chi connectivity index (χ0) is 48.0. The summed E-state index contributed by atoms with van der Waals surface area (Å²) in [6.45, 7) is 0. The van der Waals surface area contributed by atoms with Crippen molar-refractivity contribution < 1.29 is 13.3 Å². The number of benzene rings is 9. The molecule has 0 aliphatic heterocycles. The van der Waals surface area contributed by atoms with Gasteiger partial charge in [0, 0.05) is 101 Å². The van der Waals surface area contributed by atoms with Crippen LogP contribution in [0.4, 0.5) is 39.8 Å². The highest BCUT2D eigenvalue weighted by atomic mass is 32.1. The van der Waals surface area contributed by atoms with Crippen LogP contribution in [0.25, 0.3) is 82.0 Å². The van der Waals surface area contributed by atoms with Crippen LogP contribution in [0.5, 0.6) is 0 Å². The largest absolute Gasteiger partial charge is 0.456 e. The maximum atomic E-state index is 6.59. The number of furan rings is 3. The molecule has 4 aromatic heterocycles. The molecule has 9 aromatic carbocycles. The van der Waals surface area contributed by atoms with Crippen molar-refractivity contribution in [3.63, 3.8) is 0 Å². The summed E-state index contributed by atoms with van der Waals surface area (Å²) in [6, 6.07) is 71.4. The first-order valence-corrected chi connectivity index (χ1v) is 25.9. The van der Waals surface area contributed by atoms with Gasteiger partial charge in [-0.3, -0.25) is 0 Å². The van der Waals surface area contributed by atoms with Gasteiger partial charge in [-0.2, -0.15) is 0 Å². The Morgan fingerprint density at radius 2 is 0.904 bits per heavy atom. The van der Waals surface area contributed by atoms with Crippen LogP contribution in [-0.4, -0.2) is 6.04 Å². The first-order valence-electron chi connectivity index (χ1n) is 25.0. The number of anilines is 7. The van der Waals surface area contributed by atoms with Gasteiger partial charge in [-0.15, -0.1) is 11.3 Å². The number of allylic oxidation sites excluding steroid dienone is 3. The van der Waals surface area contributed by atoms with Crippen molar-refractivity contribution >= 4 is 133 Å². The van der Waals surface area contributed by atoms with E-state index in [-0.39, 0.29) is 6.04 Å². The quantitative estimate of drug-likeness (QED) is 0.144. The van der Waals surface area contributed by atoms with Gasteiger partial charge in [-0.25, -0.2) is 0 Å². The van der Waals surface area contributed by atoms with Gasteiger partial charge in [0.15, 0.2) is 0 Å². The molecule has 73 heavy (non-hydrogen) atoms. The zero-order valence-electron chi connectivity index (χ0n) is 39.6. The van der Waals surface area contributed by atoms with Crippen molar-refractivity contribution in [1.29, 1.82) is 0 Å². The van der Waals surface area contributed by atoms with E-state index >= 15 is 0 Å². The van der Waals surface area contributed by atoms with Gasteiger partial charge in [0.25, 0.3) is 0 Å². The molecule has 0 radical (unpaired) electrons. The van der Waals surface area contributed by atoms with Gasteiger partial charge < -0.3 is 28.0 Å². The molecular formula is C66H45N3O3S. The van der Waals surface area contributed by atoms with Crippen LogP contribution in [0.3, 0.4) is 0 Å². The molecule has 13 aromatic rings. The van der Waals surface area contributed by atoms with Gasteiger partial charge in [-0.05, 0) is 122 Å². The molecule has 1 atom stereocenters. The predicted molar refractivity (Wildman–Crippen MR) is 305 cm³/mol. The fourth-order valence-electron chi connectivity index (χ4n) is 11.5. The van der Waals surface area contributed by atoms with E-state index in [1.165, 1.54) is 26.2 Å². The van der Waals surface area contributed by atoms with Crippen molar-refractivity contribution in [3.8, 4) is 0 Å². The fraction of sp³-hybridized carbons (Fsp3) is 0.0606. The summed E-state index contributed by atoms with van der Waals surface area (Å²) < 4.78 is 20.9. The smallest absolute Gasteiger partial charge is 0.137 e. The minimum absolute atomic E-state index is 0.138. The van der Waals surface area contributed by atoms with Crippen molar-refractivity contribution in [3.05, 3.63) is 241 Å². The third-order valence-electron chi connectivity index (χ3n) is 14.8. The van der Waals surface area contributed by atoms with Crippen molar-refractivity contribution in [2.45, 2.75) is 25.3 Å². The molecule has 0 saturated heterocycles. The molecule has 0 bridgehead atoms. The second-order valence-corrected chi connectivity index (χ2v) is 20.2. The average Bonchev–Trinajstić information content (AvgIpc) is 4.22. The first-order chi connectivity index (χ1) is 36.2. The standard InChI is InChI=1S/C66H45N3O3S/c1-4-16-42(17-5-1)67(46-28-32-53-50-22-10-13-25-59(50)70-62(53)39-46)45-31-35-65-56(36-45)57-37-49(68(43-18-6-2-7-19-43)47-29-33-54-51-23-11-14-26-60(51)71-63(54)40-47)38-58(66(57)73-65)69(44-20-8-3-9-21-44)48-30-34-55-52-24-12-15-27-61(52)72-64(55)41-48/h1-16,18-30,32-34,36-42H,17,31,35H2. The molecule has 4 heterocycles. The topological polar surface area (TPSA) is 49.1 Å². The average molecular weight is 960 g/mol. The Bertz CT molecular complexity index is 4400. The Kier molecular flexibility index (Phi) is 9.60. The lowest BCUT2D eigenvalue weighted by atomic mass is 9.96. The summed E-state index contributed by atoms with van der Waals surface area (Å²) in [5.41, 5.74) is 15.2. The van der Waals surface area contributed by atoms with Gasteiger partial charge in [0.2, 0.25) is 0 Å². The monoisotopic (exact) mass is 959 g/mol. The summed E-state index contributed by atoms with van der Waals surface area (Å²) >= 11 is 1.92. The van der Waals surface area contributed by atoms with Crippen molar-refractivity contribution in [1.82, 2.24) is 0 Å². The van der Waals surface area contributed by atoms with E-state index in [1.807, 2.05) is 35.6 Å². The Morgan fingerprint density at radius 1 is 0.397 bits per heavy atom.